The maximum Gasteiger partial charge on any atom is 0.249 e. The van der Waals surface area contributed by atoms with Gasteiger partial charge in [-0.05, 0) is 59.4 Å². The van der Waals surface area contributed by atoms with Crippen LogP contribution in [0.15, 0.2) is 48.0 Å². The number of carbonyl (C=O) groups is 2. The van der Waals surface area contributed by atoms with E-state index in [1.165, 1.54) is 30.2 Å². The first-order chi connectivity index (χ1) is 19.2. The molecule has 0 aliphatic heterocycles. The molecule has 10 nitrogen and oxygen atoms in total. The molecule has 2 aromatic rings. The van der Waals surface area contributed by atoms with Gasteiger partial charge < -0.3 is 39.7 Å². The molecule has 0 aromatic heterocycles. The molecule has 0 fully saturated rings. The largest absolute Gasteiger partial charge is 0.493 e. The molecule has 2 amide bonds. The molecule has 0 saturated carbocycles. The Labute approximate surface area is 245 Å². The summed E-state index contributed by atoms with van der Waals surface area (Å²) in [6.45, 7) is 1.04. The molecule has 2 aromatic carbocycles. The minimum atomic E-state index is -1.33. The Morgan fingerprint density at radius 1 is 1.23 bits per heavy atom. The average Bonchev–Trinajstić information content (AvgIpc) is 2.96. The van der Waals surface area contributed by atoms with Crippen molar-refractivity contribution in [2.45, 2.75) is 44.7 Å². The first kappa shape index (κ1) is 31.7. The van der Waals surface area contributed by atoms with Crippen LogP contribution in [-0.4, -0.2) is 83.8 Å². The Morgan fingerprint density at radius 3 is 2.62 bits per heavy atom. The first-order valence-corrected chi connectivity index (χ1v) is 13.8. The van der Waals surface area contributed by atoms with E-state index in [9.17, 15) is 29.3 Å². The van der Waals surface area contributed by atoms with Crippen LogP contribution in [0.2, 0.25) is 0 Å². The van der Waals surface area contributed by atoms with Crippen LogP contribution >= 0.6 is 22.6 Å². The van der Waals surface area contributed by atoms with Gasteiger partial charge in [-0.15, -0.1) is 0 Å². The second-order valence-electron chi connectivity index (χ2n) is 9.03. The fraction of sp³-hybridized carbons (Fsp3) is 0.429. The second kappa shape index (κ2) is 15.3. The van der Waals surface area contributed by atoms with Gasteiger partial charge in [-0.2, -0.15) is 0 Å². The number of aliphatic hydroxyl groups excluding tert-OH is 3. The number of benzene rings is 2. The van der Waals surface area contributed by atoms with Crippen molar-refractivity contribution in [2.75, 3.05) is 33.5 Å². The zero-order chi connectivity index (χ0) is 29.2. The zero-order valence-corrected chi connectivity index (χ0v) is 24.5. The van der Waals surface area contributed by atoms with Gasteiger partial charge in [0.2, 0.25) is 11.8 Å². The van der Waals surface area contributed by atoms with Crippen LogP contribution in [0.5, 0.6) is 11.5 Å². The number of carbonyl (C=O) groups excluding carboxylic acids is 2. The number of hydrogen-bond donors (Lipinski definition) is 4. The van der Waals surface area contributed by atoms with E-state index in [-0.39, 0.29) is 62.8 Å². The minimum Gasteiger partial charge on any atom is -0.493 e. The molecule has 0 radical (unpaired) electrons. The van der Waals surface area contributed by atoms with E-state index in [2.05, 4.69) is 5.32 Å². The highest BCUT2D eigenvalue weighted by Gasteiger charge is 2.41. The van der Waals surface area contributed by atoms with Gasteiger partial charge in [-0.25, -0.2) is 4.39 Å². The average molecular weight is 672 g/mol. The molecule has 3 atom stereocenters. The van der Waals surface area contributed by atoms with Crippen LogP contribution in [0.1, 0.15) is 24.5 Å². The van der Waals surface area contributed by atoms with Crippen LogP contribution in [0.4, 0.5) is 4.39 Å². The molecule has 0 spiro atoms. The van der Waals surface area contributed by atoms with Crippen LogP contribution in [-0.2, 0) is 27.5 Å². The Kier molecular flexibility index (Phi) is 12.1. The van der Waals surface area contributed by atoms with Gasteiger partial charge in [0, 0.05) is 37.3 Å². The predicted molar refractivity (Wildman–Crippen MR) is 152 cm³/mol. The standard InChI is InChI=1S/C28H34FIN2O8/c1-3-39-16-25(35)32(14-18-6-4-5-7-20(18)29)22-12-19(28(37)31-8-9-33)13-23(26(22)36)40-27-21(30)10-17(15-34)11-24(27)38-2/h4-7,10-11,13,22-23,26,33-34,36H,3,8-9,12,14-16H2,1-2H3,(H,31,37). The molecule has 0 heterocycles. The number of ether oxygens (including phenoxy) is 3. The predicted octanol–water partition coefficient (Wildman–Crippen LogP) is 1.91. The van der Waals surface area contributed by atoms with E-state index < -0.39 is 35.9 Å². The monoisotopic (exact) mass is 672 g/mol. The van der Waals surface area contributed by atoms with Crippen molar-refractivity contribution in [1.82, 2.24) is 10.2 Å². The summed E-state index contributed by atoms with van der Waals surface area (Å²) in [4.78, 5) is 27.6. The molecule has 4 N–H and O–H groups in total. The minimum absolute atomic E-state index is 0.00543. The summed E-state index contributed by atoms with van der Waals surface area (Å²) in [5, 5.41) is 32.9. The summed E-state index contributed by atoms with van der Waals surface area (Å²) in [5.74, 6) is -0.933. The molecule has 3 rings (SSSR count). The van der Waals surface area contributed by atoms with E-state index in [0.29, 0.717) is 14.9 Å². The van der Waals surface area contributed by atoms with Crippen molar-refractivity contribution >= 4 is 34.4 Å². The maximum absolute atomic E-state index is 14.6. The van der Waals surface area contributed by atoms with E-state index in [1.54, 1.807) is 31.2 Å². The molecule has 1 aliphatic rings. The van der Waals surface area contributed by atoms with Crippen LogP contribution in [0, 0.1) is 9.39 Å². The third-order valence-electron chi connectivity index (χ3n) is 6.39. The van der Waals surface area contributed by atoms with Crippen molar-refractivity contribution < 1.29 is 43.5 Å². The number of rotatable bonds is 13. The third kappa shape index (κ3) is 7.91. The van der Waals surface area contributed by atoms with Gasteiger partial charge in [0.15, 0.2) is 11.5 Å². The quantitative estimate of drug-likeness (QED) is 0.237. The number of aliphatic hydroxyl groups is 3. The van der Waals surface area contributed by atoms with E-state index >= 15 is 0 Å². The first-order valence-electron chi connectivity index (χ1n) is 12.8. The smallest absolute Gasteiger partial charge is 0.249 e. The summed E-state index contributed by atoms with van der Waals surface area (Å²) in [6, 6.07) is 8.30. The Hall–Kier alpha value is -2.78. The Bertz CT molecular complexity index is 1210. The summed E-state index contributed by atoms with van der Waals surface area (Å²) >= 11 is 2.01. The molecule has 1 aliphatic carbocycles. The van der Waals surface area contributed by atoms with Gasteiger partial charge in [-0.3, -0.25) is 9.59 Å². The molecule has 12 heteroatoms. The highest BCUT2D eigenvalue weighted by molar-refractivity contribution is 14.1. The lowest BCUT2D eigenvalue weighted by Crippen LogP contribution is -2.55. The molecule has 218 valence electrons. The molecule has 0 bridgehead atoms. The third-order valence-corrected chi connectivity index (χ3v) is 7.19. The zero-order valence-electron chi connectivity index (χ0n) is 22.3. The number of methoxy groups -OCH3 is 1. The van der Waals surface area contributed by atoms with Crippen molar-refractivity contribution in [2.24, 2.45) is 0 Å². The van der Waals surface area contributed by atoms with Crippen LogP contribution in [0.25, 0.3) is 0 Å². The summed E-state index contributed by atoms with van der Waals surface area (Å²) in [7, 11) is 1.44. The van der Waals surface area contributed by atoms with Crippen molar-refractivity contribution in [3.05, 3.63) is 68.6 Å². The number of halogens is 2. The topological polar surface area (TPSA) is 138 Å². The number of amides is 2. The van der Waals surface area contributed by atoms with E-state index in [1.807, 2.05) is 22.6 Å². The molecule has 0 saturated heterocycles. The number of nitrogens with one attached hydrogen (secondary N) is 1. The molecular formula is C28H34FIN2O8. The fourth-order valence-electron chi connectivity index (χ4n) is 4.37. The summed E-state index contributed by atoms with van der Waals surface area (Å²) < 4.78 is 32.2. The lowest BCUT2D eigenvalue weighted by molar-refractivity contribution is -0.144. The van der Waals surface area contributed by atoms with Gasteiger partial charge in [0.25, 0.3) is 0 Å². The maximum atomic E-state index is 14.6. The normalized spacial score (nSPS) is 18.6. The van der Waals surface area contributed by atoms with Crippen molar-refractivity contribution in [3.63, 3.8) is 0 Å². The number of nitrogens with zero attached hydrogens (tertiary/aromatic N) is 1. The number of hydrogen-bond acceptors (Lipinski definition) is 8. The second-order valence-corrected chi connectivity index (χ2v) is 10.2. The highest BCUT2D eigenvalue weighted by Crippen LogP contribution is 2.37. The molecule has 3 unspecified atom stereocenters. The Balaban J connectivity index is 2.04. The van der Waals surface area contributed by atoms with E-state index in [4.69, 9.17) is 14.2 Å². The molecule has 40 heavy (non-hydrogen) atoms. The van der Waals surface area contributed by atoms with Crippen molar-refractivity contribution in [3.8, 4) is 11.5 Å². The van der Waals surface area contributed by atoms with Gasteiger partial charge in [0.05, 0.1) is 29.9 Å². The summed E-state index contributed by atoms with van der Waals surface area (Å²) in [6.07, 6.45) is -1.02. The lowest BCUT2D eigenvalue weighted by atomic mass is 9.87. The van der Waals surface area contributed by atoms with E-state index in [0.717, 1.165) is 0 Å². The summed E-state index contributed by atoms with van der Waals surface area (Å²) in [5.41, 5.74) is 1.04. The van der Waals surface area contributed by atoms with Crippen LogP contribution < -0.4 is 14.8 Å². The molecular weight excluding hydrogens is 638 g/mol. The Morgan fingerprint density at radius 2 is 1.98 bits per heavy atom. The van der Waals surface area contributed by atoms with Gasteiger partial charge in [0.1, 0.15) is 24.6 Å². The van der Waals surface area contributed by atoms with Crippen LogP contribution in [0.3, 0.4) is 0 Å². The van der Waals surface area contributed by atoms with Gasteiger partial charge >= 0.3 is 0 Å². The highest BCUT2D eigenvalue weighted by atomic mass is 127. The SMILES string of the molecule is CCOCC(=O)N(Cc1ccccc1F)C1CC(C(=O)NCCO)=CC(Oc2c(I)cc(CO)cc2OC)C1O. The lowest BCUT2D eigenvalue weighted by Gasteiger charge is -2.40. The van der Waals surface area contributed by atoms with Crippen molar-refractivity contribution in [1.29, 1.82) is 0 Å². The van der Waals surface area contributed by atoms with Gasteiger partial charge in [-0.1, -0.05) is 18.2 Å². The fourth-order valence-corrected chi connectivity index (χ4v) is 5.16.